The van der Waals surface area contributed by atoms with E-state index in [9.17, 15) is 4.79 Å². The van der Waals surface area contributed by atoms with Gasteiger partial charge in [-0.15, -0.1) is 0 Å². The number of benzene rings is 2. The Hall–Kier alpha value is -2.50. The number of methoxy groups -OCH3 is 1. The largest absolute Gasteiger partial charge is 0.493 e. The molecule has 0 bridgehead atoms. The second-order valence-electron chi connectivity index (χ2n) is 8.30. The number of rotatable bonds is 9. The first-order valence-corrected chi connectivity index (χ1v) is 11.7. The highest BCUT2D eigenvalue weighted by molar-refractivity contribution is 6.31. The zero-order chi connectivity index (χ0) is 22.3. The van der Waals surface area contributed by atoms with Crippen molar-refractivity contribution in [2.24, 2.45) is 0 Å². The van der Waals surface area contributed by atoms with Crippen LogP contribution in [0.5, 0.6) is 17.2 Å². The van der Waals surface area contributed by atoms with Crippen molar-refractivity contribution in [2.45, 2.75) is 32.1 Å². The number of ketones is 1. The highest BCUT2D eigenvalue weighted by Crippen LogP contribution is 2.32. The van der Waals surface area contributed by atoms with E-state index in [4.69, 9.17) is 25.8 Å². The van der Waals surface area contributed by atoms with E-state index in [1.807, 2.05) is 24.3 Å². The van der Waals surface area contributed by atoms with Crippen LogP contribution in [0, 0.1) is 0 Å². The topological polar surface area (TPSA) is 48.0 Å². The molecule has 32 heavy (non-hydrogen) atoms. The molecule has 2 aromatic carbocycles. The van der Waals surface area contributed by atoms with Crippen LogP contribution in [0.25, 0.3) is 6.08 Å². The van der Waals surface area contributed by atoms with Gasteiger partial charge < -0.3 is 19.1 Å². The molecule has 2 aliphatic rings. The number of likely N-dealkylation sites (tertiary alicyclic amines) is 1. The minimum atomic E-state index is -0.0676. The van der Waals surface area contributed by atoms with E-state index in [0.29, 0.717) is 34.3 Å². The lowest BCUT2D eigenvalue weighted by Gasteiger charge is -2.19. The Kier molecular flexibility index (Phi) is 7.72. The SMILES string of the molecule is COc1cc(C=C2COc3ccc(Cl)cc3C2=O)ccc1OCCCCCN1CCCC1. The highest BCUT2D eigenvalue weighted by atomic mass is 35.5. The molecule has 1 fully saturated rings. The standard InChI is InChI=1S/C26H30ClNO4/c1-30-25-16-19(15-20-18-32-23-10-8-21(27)17-22(23)26(20)29)7-9-24(25)31-14-6-2-3-11-28-12-4-5-13-28/h7-10,15-17H,2-6,11-14,18H2,1H3. The molecule has 0 radical (unpaired) electrons. The summed E-state index contributed by atoms with van der Waals surface area (Å²) in [5.74, 6) is 1.88. The van der Waals surface area contributed by atoms with Crippen molar-refractivity contribution in [3.63, 3.8) is 0 Å². The first-order chi connectivity index (χ1) is 15.6. The minimum Gasteiger partial charge on any atom is -0.493 e. The molecule has 2 aliphatic heterocycles. The van der Waals surface area contributed by atoms with Gasteiger partial charge in [-0.25, -0.2) is 0 Å². The molecule has 0 saturated carbocycles. The minimum absolute atomic E-state index is 0.0676. The Bertz CT molecular complexity index is 982. The molecular formula is C26H30ClNO4. The highest BCUT2D eigenvalue weighted by Gasteiger charge is 2.23. The van der Waals surface area contributed by atoms with Gasteiger partial charge in [-0.05, 0) is 93.7 Å². The van der Waals surface area contributed by atoms with E-state index < -0.39 is 0 Å². The van der Waals surface area contributed by atoms with Crippen molar-refractivity contribution in [1.82, 2.24) is 4.90 Å². The summed E-state index contributed by atoms with van der Waals surface area (Å²) in [5.41, 5.74) is 1.93. The summed E-state index contributed by atoms with van der Waals surface area (Å²) in [6, 6.07) is 10.8. The lowest BCUT2D eigenvalue weighted by molar-refractivity contribution is 0.100. The van der Waals surface area contributed by atoms with Crippen LogP contribution in [-0.4, -0.2) is 50.6 Å². The van der Waals surface area contributed by atoms with Gasteiger partial charge in [0, 0.05) is 10.6 Å². The first-order valence-electron chi connectivity index (χ1n) is 11.3. The van der Waals surface area contributed by atoms with Crippen LogP contribution in [0.3, 0.4) is 0 Å². The zero-order valence-electron chi connectivity index (χ0n) is 18.6. The van der Waals surface area contributed by atoms with E-state index in [2.05, 4.69) is 4.90 Å². The zero-order valence-corrected chi connectivity index (χ0v) is 19.3. The molecular weight excluding hydrogens is 426 g/mol. The summed E-state index contributed by atoms with van der Waals surface area (Å²) in [6.07, 6.45) is 7.93. The molecule has 0 aromatic heterocycles. The van der Waals surface area contributed by atoms with E-state index in [-0.39, 0.29) is 12.4 Å². The molecule has 2 heterocycles. The first kappa shape index (κ1) is 22.7. The lowest BCUT2D eigenvalue weighted by Crippen LogP contribution is -2.20. The Labute approximate surface area is 194 Å². The number of halogens is 1. The maximum atomic E-state index is 12.8. The average Bonchev–Trinajstić information content (AvgIpc) is 3.32. The molecule has 0 unspecified atom stereocenters. The van der Waals surface area contributed by atoms with Crippen molar-refractivity contribution in [3.05, 3.63) is 58.1 Å². The Balaban J connectivity index is 1.33. The predicted octanol–water partition coefficient (Wildman–Crippen LogP) is 5.65. The van der Waals surface area contributed by atoms with Gasteiger partial charge in [-0.2, -0.15) is 0 Å². The fourth-order valence-corrected chi connectivity index (χ4v) is 4.38. The van der Waals surface area contributed by atoms with Crippen LogP contribution in [0.2, 0.25) is 5.02 Å². The van der Waals surface area contributed by atoms with Gasteiger partial charge >= 0.3 is 0 Å². The normalized spacial score (nSPS) is 17.3. The third kappa shape index (κ3) is 5.64. The van der Waals surface area contributed by atoms with E-state index in [0.717, 1.165) is 24.2 Å². The number of hydrogen-bond acceptors (Lipinski definition) is 5. The molecule has 1 saturated heterocycles. The number of ether oxygens (including phenoxy) is 3. The summed E-state index contributed by atoms with van der Waals surface area (Å²) >= 11 is 6.05. The smallest absolute Gasteiger partial charge is 0.196 e. The number of unbranched alkanes of at least 4 members (excludes halogenated alkanes) is 2. The number of hydrogen-bond donors (Lipinski definition) is 0. The average molecular weight is 456 g/mol. The fourth-order valence-electron chi connectivity index (χ4n) is 4.20. The Morgan fingerprint density at radius 3 is 2.72 bits per heavy atom. The molecule has 0 spiro atoms. The van der Waals surface area contributed by atoms with Crippen LogP contribution in [-0.2, 0) is 0 Å². The molecule has 0 atom stereocenters. The number of carbonyl (C=O) groups excluding carboxylic acids is 1. The van der Waals surface area contributed by atoms with E-state index in [1.54, 1.807) is 25.3 Å². The second kappa shape index (κ2) is 10.9. The summed E-state index contributed by atoms with van der Waals surface area (Å²) in [4.78, 5) is 15.4. The van der Waals surface area contributed by atoms with Gasteiger partial charge in [-0.1, -0.05) is 17.7 Å². The van der Waals surface area contributed by atoms with Gasteiger partial charge in [0.1, 0.15) is 12.4 Å². The molecule has 0 aliphatic carbocycles. The summed E-state index contributed by atoms with van der Waals surface area (Å²) in [6.45, 7) is 4.61. The quantitative estimate of drug-likeness (QED) is 0.361. The Morgan fingerprint density at radius 1 is 1.06 bits per heavy atom. The van der Waals surface area contributed by atoms with E-state index in [1.165, 1.54) is 38.9 Å². The lowest BCUT2D eigenvalue weighted by atomic mass is 9.98. The fraction of sp³-hybridized carbons (Fsp3) is 0.423. The molecule has 0 N–H and O–H groups in total. The molecule has 0 amide bonds. The third-order valence-electron chi connectivity index (χ3n) is 5.96. The third-order valence-corrected chi connectivity index (χ3v) is 6.20. The van der Waals surface area contributed by atoms with Gasteiger partial charge in [-0.3, -0.25) is 4.79 Å². The summed E-state index contributed by atoms with van der Waals surface area (Å²) in [5, 5.41) is 0.515. The van der Waals surface area contributed by atoms with Crippen molar-refractivity contribution < 1.29 is 19.0 Å². The monoisotopic (exact) mass is 455 g/mol. The molecule has 5 nitrogen and oxygen atoms in total. The number of fused-ring (bicyclic) bond motifs is 1. The van der Waals surface area contributed by atoms with Crippen molar-refractivity contribution in [3.8, 4) is 17.2 Å². The number of nitrogens with zero attached hydrogens (tertiary/aromatic N) is 1. The van der Waals surface area contributed by atoms with Crippen molar-refractivity contribution in [2.75, 3.05) is 40.0 Å². The summed E-state index contributed by atoms with van der Waals surface area (Å²) in [7, 11) is 1.63. The molecule has 4 rings (SSSR count). The maximum Gasteiger partial charge on any atom is 0.196 e. The van der Waals surface area contributed by atoms with Crippen LogP contribution in [0.1, 0.15) is 48.0 Å². The van der Waals surface area contributed by atoms with Crippen molar-refractivity contribution >= 4 is 23.5 Å². The van der Waals surface area contributed by atoms with Crippen LogP contribution in [0.15, 0.2) is 42.0 Å². The van der Waals surface area contributed by atoms with Gasteiger partial charge in [0.2, 0.25) is 0 Å². The molecule has 2 aromatic rings. The molecule has 6 heteroatoms. The van der Waals surface area contributed by atoms with Gasteiger partial charge in [0.25, 0.3) is 0 Å². The summed E-state index contributed by atoms with van der Waals surface area (Å²) < 4.78 is 17.2. The predicted molar refractivity (Wildman–Crippen MR) is 127 cm³/mol. The maximum absolute atomic E-state index is 12.8. The van der Waals surface area contributed by atoms with E-state index >= 15 is 0 Å². The second-order valence-corrected chi connectivity index (χ2v) is 8.73. The van der Waals surface area contributed by atoms with Crippen LogP contribution >= 0.6 is 11.6 Å². The number of Topliss-reactive ketones (excluding diaryl/α,β-unsaturated/α-hetero) is 1. The Morgan fingerprint density at radius 2 is 1.91 bits per heavy atom. The molecule has 170 valence electrons. The van der Waals surface area contributed by atoms with Gasteiger partial charge in [0.05, 0.1) is 19.3 Å². The van der Waals surface area contributed by atoms with Crippen molar-refractivity contribution in [1.29, 1.82) is 0 Å². The van der Waals surface area contributed by atoms with Gasteiger partial charge in [0.15, 0.2) is 17.3 Å². The van der Waals surface area contributed by atoms with Crippen LogP contribution < -0.4 is 14.2 Å². The van der Waals surface area contributed by atoms with Crippen LogP contribution in [0.4, 0.5) is 0 Å². The number of carbonyl (C=O) groups is 1.